The first-order chi connectivity index (χ1) is 11.3. The molecule has 0 saturated carbocycles. The van der Waals surface area contributed by atoms with E-state index in [1.54, 1.807) is 24.3 Å². The van der Waals surface area contributed by atoms with Crippen molar-refractivity contribution in [2.24, 2.45) is 0 Å². The molecule has 0 radical (unpaired) electrons. The molecule has 0 aliphatic rings. The first kappa shape index (κ1) is 17.9. The van der Waals surface area contributed by atoms with Crippen LogP contribution in [0.15, 0.2) is 42.5 Å². The zero-order valence-electron chi connectivity index (χ0n) is 13.4. The van der Waals surface area contributed by atoms with Gasteiger partial charge in [0.25, 0.3) is 0 Å². The van der Waals surface area contributed by atoms with E-state index in [-0.39, 0.29) is 11.6 Å². The lowest BCUT2D eigenvalue weighted by atomic mass is 10.1. The van der Waals surface area contributed by atoms with Gasteiger partial charge in [-0.2, -0.15) is 5.26 Å². The quantitative estimate of drug-likeness (QED) is 0.842. The third-order valence-corrected chi connectivity index (χ3v) is 4.06. The van der Waals surface area contributed by atoms with Crippen molar-refractivity contribution < 1.29 is 12.8 Å². The molecular weight excluding hydrogens is 329 g/mol. The molecule has 2 rings (SSSR count). The predicted molar refractivity (Wildman–Crippen MR) is 91.3 cm³/mol. The molecule has 1 atom stereocenters. The summed E-state index contributed by atoms with van der Waals surface area (Å²) in [5, 5.41) is 12.1. The maximum Gasteiger partial charge on any atom is 0.229 e. The van der Waals surface area contributed by atoms with E-state index in [1.807, 2.05) is 19.1 Å². The molecule has 0 unspecified atom stereocenters. The Labute approximate surface area is 141 Å². The van der Waals surface area contributed by atoms with Crippen LogP contribution in [0, 0.1) is 17.1 Å². The second-order valence-electron chi connectivity index (χ2n) is 5.53. The highest BCUT2D eigenvalue weighted by Crippen LogP contribution is 2.19. The third kappa shape index (κ3) is 5.05. The first-order valence-corrected chi connectivity index (χ1v) is 9.17. The highest BCUT2D eigenvalue weighted by molar-refractivity contribution is 7.92. The molecule has 0 fully saturated rings. The molecule has 0 aliphatic carbocycles. The minimum atomic E-state index is -3.32. The fourth-order valence-electron chi connectivity index (χ4n) is 2.24. The normalized spacial score (nSPS) is 12.4. The van der Waals surface area contributed by atoms with E-state index < -0.39 is 15.8 Å². The molecule has 2 N–H and O–H groups in total. The topological polar surface area (TPSA) is 82.0 Å². The van der Waals surface area contributed by atoms with Crippen LogP contribution in [-0.2, 0) is 16.6 Å². The third-order valence-electron chi connectivity index (χ3n) is 3.45. The second kappa shape index (κ2) is 7.43. The Morgan fingerprint density at radius 3 is 2.67 bits per heavy atom. The lowest BCUT2D eigenvalue weighted by molar-refractivity contribution is 0.572. The molecule has 0 heterocycles. The van der Waals surface area contributed by atoms with Gasteiger partial charge in [-0.05, 0) is 42.3 Å². The van der Waals surface area contributed by atoms with E-state index in [1.165, 1.54) is 12.1 Å². The molecule has 0 bridgehead atoms. The van der Waals surface area contributed by atoms with Crippen molar-refractivity contribution in [3.8, 4) is 6.07 Å². The van der Waals surface area contributed by atoms with E-state index in [0.717, 1.165) is 17.4 Å². The van der Waals surface area contributed by atoms with Crippen LogP contribution in [0.25, 0.3) is 0 Å². The number of sulfonamides is 1. The molecule has 2 aromatic carbocycles. The minimum absolute atomic E-state index is 0.0151. The van der Waals surface area contributed by atoms with Crippen LogP contribution in [0.3, 0.4) is 0 Å². The number of nitriles is 1. The van der Waals surface area contributed by atoms with Gasteiger partial charge in [0.05, 0.1) is 11.8 Å². The summed E-state index contributed by atoms with van der Waals surface area (Å²) in [5.74, 6) is -0.533. The Morgan fingerprint density at radius 2 is 2.00 bits per heavy atom. The predicted octanol–water partition coefficient (Wildman–Crippen LogP) is 2.92. The largest absolute Gasteiger partial charge is 0.306 e. The molecule has 7 heteroatoms. The number of nitrogens with zero attached hydrogens (tertiary/aromatic N) is 1. The number of hydrogen-bond donors (Lipinski definition) is 2. The number of benzene rings is 2. The van der Waals surface area contributed by atoms with Crippen LogP contribution in [-0.4, -0.2) is 14.7 Å². The zero-order chi connectivity index (χ0) is 17.7. The van der Waals surface area contributed by atoms with E-state index in [4.69, 9.17) is 5.26 Å². The Bertz CT molecular complexity index is 876. The van der Waals surface area contributed by atoms with Gasteiger partial charge in [-0.1, -0.05) is 18.2 Å². The lowest BCUT2D eigenvalue weighted by Gasteiger charge is -2.16. The van der Waals surface area contributed by atoms with Crippen LogP contribution >= 0.6 is 0 Å². The SMILES string of the molecule is C[C@@H](NCc1ccc(F)c(C#N)c1)c1cccc(NS(C)(=O)=O)c1. The minimum Gasteiger partial charge on any atom is -0.306 e. The van der Waals surface area contributed by atoms with Gasteiger partial charge in [-0.15, -0.1) is 0 Å². The molecule has 0 aliphatic heterocycles. The van der Waals surface area contributed by atoms with E-state index >= 15 is 0 Å². The van der Waals surface area contributed by atoms with Gasteiger partial charge >= 0.3 is 0 Å². The van der Waals surface area contributed by atoms with Crippen LogP contribution in [0.2, 0.25) is 0 Å². The number of halogens is 1. The second-order valence-corrected chi connectivity index (χ2v) is 7.28. The Kier molecular flexibility index (Phi) is 5.54. The van der Waals surface area contributed by atoms with Gasteiger partial charge in [0.2, 0.25) is 10.0 Å². The highest BCUT2D eigenvalue weighted by atomic mass is 32.2. The van der Waals surface area contributed by atoms with Crippen molar-refractivity contribution in [2.75, 3.05) is 11.0 Å². The summed E-state index contributed by atoms with van der Waals surface area (Å²) in [7, 11) is -3.32. The van der Waals surface area contributed by atoms with Gasteiger partial charge in [0.1, 0.15) is 11.9 Å². The monoisotopic (exact) mass is 347 g/mol. The maximum atomic E-state index is 13.3. The average Bonchev–Trinajstić information content (AvgIpc) is 2.52. The van der Waals surface area contributed by atoms with Crippen molar-refractivity contribution in [3.63, 3.8) is 0 Å². The van der Waals surface area contributed by atoms with Gasteiger partial charge < -0.3 is 5.32 Å². The van der Waals surface area contributed by atoms with E-state index in [0.29, 0.717) is 12.2 Å². The lowest BCUT2D eigenvalue weighted by Crippen LogP contribution is -2.18. The first-order valence-electron chi connectivity index (χ1n) is 7.28. The highest BCUT2D eigenvalue weighted by Gasteiger charge is 2.09. The molecule has 24 heavy (non-hydrogen) atoms. The average molecular weight is 347 g/mol. The van der Waals surface area contributed by atoms with Crippen LogP contribution in [0.5, 0.6) is 0 Å². The summed E-state index contributed by atoms with van der Waals surface area (Å²) in [4.78, 5) is 0. The summed E-state index contributed by atoms with van der Waals surface area (Å²) < 4.78 is 38.3. The van der Waals surface area contributed by atoms with E-state index in [2.05, 4.69) is 10.0 Å². The Morgan fingerprint density at radius 1 is 1.25 bits per heavy atom. The van der Waals surface area contributed by atoms with Crippen LogP contribution in [0.1, 0.15) is 29.7 Å². The maximum absolute atomic E-state index is 13.3. The fourth-order valence-corrected chi connectivity index (χ4v) is 2.80. The van der Waals surface area contributed by atoms with Crippen LogP contribution < -0.4 is 10.0 Å². The molecular formula is C17H18FN3O2S. The molecule has 0 amide bonds. The Hall–Kier alpha value is -2.43. The van der Waals surface area contributed by atoms with Crippen molar-refractivity contribution in [3.05, 3.63) is 65.0 Å². The molecule has 0 aromatic heterocycles. The fraction of sp³-hybridized carbons (Fsp3) is 0.235. The smallest absolute Gasteiger partial charge is 0.229 e. The van der Waals surface area contributed by atoms with Gasteiger partial charge in [-0.25, -0.2) is 12.8 Å². The summed E-state index contributed by atoms with van der Waals surface area (Å²) >= 11 is 0. The number of hydrogen-bond acceptors (Lipinski definition) is 4. The van der Waals surface area contributed by atoms with Crippen molar-refractivity contribution in [1.29, 1.82) is 5.26 Å². The van der Waals surface area contributed by atoms with Crippen LogP contribution in [0.4, 0.5) is 10.1 Å². The van der Waals surface area contributed by atoms with Crippen molar-refractivity contribution in [2.45, 2.75) is 19.5 Å². The van der Waals surface area contributed by atoms with Gasteiger partial charge in [-0.3, -0.25) is 4.72 Å². The molecule has 2 aromatic rings. The molecule has 126 valence electrons. The summed E-state index contributed by atoms with van der Waals surface area (Å²) in [6, 6.07) is 13.3. The van der Waals surface area contributed by atoms with Crippen molar-refractivity contribution in [1.82, 2.24) is 5.32 Å². The molecule has 0 saturated heterocycles. The Balaban J connectivity index is 2.06. The van der Waals surface area contributed by atoms with Crippen molar-refractivity contribution >= 4 is 15.7 Å². The molecule has 5 nitrogen and oxygen atoms in total. The summed E-state index contributed by atoms with van der Waals surface area (Å²) in [5.41, 5.74) is 2.22. The number of anilines is 1. The number of nitrogens with one attached hydrogen (secondary N) is 2. The molecule has 0 spiro atoms. The number of rotatable bonds is 6. The standard InChI is InChI=1S/C17H18FN3O2S/c1-12(14-4-3-5-16(9-14)21-24(2,22)23)20-11-13-6-7-17(18)15(8-13)10-19/h3-9,12,20-21H,11H2,1-2H3/t12-/m1/s1. The van der Waals surface area contributed by atoms with E-state index in [9.17, 15) is 12.8 Å². The van der Waals surface area contributed by atoms with Gasteiger partial charge in [0, 0.05) is 18.3 Å². The van der Waals surface area contributed by atoms with Gasteiger partial charge in [0.15, 0.2) is 0 Å². The zero-order valence-corrected chi connectivity index (χ0v) is 14.2. The summed E-state index contributed by atoms with van der Waals surface area (Å²) in [6.07, 6.45) is 1.10. The summed E-state index contributed by atoms with van der Waals surface area (Å²) in [6.45, 7) is 2.40.